The van der Waals surface area contributed by atoms with Gasteiger partial charge in [-0.3, -0.25) is 19.5 Å². The number of carbonyl (C=O) groups excluding carboxylic acids is 2. The van der Waals surface area contributed by atoms with Gasteiger partial charge in [0.05, 0.1) is 16.2 Å². The number of hydrogen-bond donors (Lipinski definition) is 2. The van der Waals surface area contributed by atoms with E-state index in [0.29, 0.717) is 21.1 Å². The van der Waals surface area contributed by atoms with Gasteiger partial charge in [-0.05, 0) is 24.1 Å². The van der Waals surface area contributed by atoms with Gasteiger partial charge in [-0.25, -0.2) is 9.78 Å². The third-order valence-corrected chi connectivity index (χ3v) is 5.31. The smallest absolute Gasteiger partial charge is 0.318 e. The summed E-state index contributed by atoms with van der Waals surface area (Å²) in [7, 11) is 0. The number of amides is 3. The molecule has 3 N–H and O–H groups in total. The molecule has 1 aromatic heterocycles. The van der Waals surface area contributed by atoms with Crippen LogP contribution in [-0.2, 0) is 11.3 Å². The Kier molecular flexibility index (Phi) is 6.44. The molecule has 138 valence electrons. The van der Waals surface area contributed by atoms with E-state index in [1.165, 1.54) is 4.57 Å². The van der Waals surface area contributed by atoms with Gasteiger partial charge in [-0.2, -0.15) is 0 Å². The van der Waals surface area contributed by atoms with Gasteiger partial charge in [0, 0.05) is 11.6 Å². The van der Waals surface area contributed by atoms with Crippen LogP contribution < -0.4 is 16.6 Å². The summed E-state index contributed by atoms with van der Waals surface area (Å²) in [6.45, 7) is 7.54. The summed E-state index contributed by atoms with van der Waals surface area (Å²) in [6, 6.07) is 3.92. The fraction of sp³-hybridized carbons (Fsp3) is 0.294. The molecule has 7 nitrogen and oxygen atoms in total. The van der Waals surface area contributed by atoms with Gasteiger partial charge in [0.1, 0.15) is 0 Å². The van der Waals surface area contributed by atoms with E-state index in [9.17, 15) is 14.4 Å². The molecule has 1 aromatic carbocycles. The molecule has 0 aliphatic rings. The Labute approximate surface area is 159 Å². The number of fused-ring (bicyclic) bond motifs is 1. The Morgan fingerprint density at radius 3 is 2.73 bits per heavy atom. The molecule has 0 aliphatic carbocycles. The topological polar surface area (TPSA) is 107 Å². The van der Waals surface area contributed by atoms with Crippen LogP contribution in [0.2, 0.25) is 5.02 Å². The van der Waals surface area contributed by atoms with Crippen LogP contribution in [0.25, 0.3) is 10.9 Å². The molecule has 1 heterocycles. The standard InChI is InChI=1S/C17H19ClN4O3S/c1-4-7-22-15(24)11-8-10(18)5-6-12(11)20-17(22)26-13(9(2)3)14(23)21-16(19)25/h4-6,8-9,13H,1,7H2,2-3H3,(H3,19,21,23,25)/t13-/m1/s1. The fourth-order valence-electron chi connectivity index (χ4n) is 2.35. The third kappa shape index (κ3) is 4.44. The minimum Gasteiger partial charge on any atom is -0.351 e. The van der Waals surface area contributed by atoms with Crippen molar-refractivity contribution in [3.05, 3.63) is 46.2 Å². The van der Waals surface area contributed by atoms with E-state index in [1.54, 1.807) is 24.3 Å². The Balaban J connectivity index is 2.55. The Bertz CT molecular complexity index is 926. The van der Waals surface area contributed by atoms with E-state index in [4.69, 9.17) is 17.3 Å². The molecule has 1 atom stereocenters. The highest BCUT2D eigenvalue weighted by molar-refractivity contribution is 8.00. The number of hydrogen-bond acceptors (Lipinski definition) is 5. The summed E-state index contributed by atoms with van der Waals surface area (Å²) in [5.41, 5.74) is 5.23. The average Bonchev–Trinajstić information content (AvgIpc) is 2.55. The van der Waals surface area contributed by atoms with E-state index < -0.39 is 17.2 Å². The fourth-order valence-corrected chi connectivity index (χ4v) is 3.62. The van der Waals surface area contributed by atoms with Gasteiger partial charge < -0.3 is 5.73 Å². The Hall–Kier alpha value is -2.32. The van der Waals surface area contributed by atoms with Crippen molar-refractivity contribution in [1.82, 2.24) is 14.9 Å². The molecule has 2 aromatic rings. The first kappa shape index (κ1) is 20.0. The van der Waals surface area contributed by atoms with Crippen LogP contribution in [0.4, 0.5) is 4.79 Å². The molecule has 2 rings (SSSR count). The van der Waals surface area contributed by atoms with E-state index in [0.717, 1.165) is 11.8 Å². The molecular formula is C17H19ClN4O3S. The number of carbonyl (C=O) groups is 2. The molecule has 9 heteroatoms. The van der Waals surface area contributed by atoms with E-state index in [-0.39, 0.29) is 18.0 Å². The number of nitrogens with one attached hydrogen (secondary N) is 1. The normalized spacial score (nSPS) is 12.2. The maximum atomic E-state index is 12.8. The first-order valence-corrected chi connectivity index (χ1v) is 9.08. The van der Waals surface area contributed by atoms with Crippen LogP contribution >= 0.6 is 23.4 Å². The molecule has 0 fully saturated rings. The highest BCUT2D eigenvalue weighted by atomic mass is 35.5. The van der Waals surface area contributed by atoms with Crippen molar-refractivity contribution >= 4 is 46.2 Å². The highest BCUT2D eigenvalue weighted by Gasteiger charge is 2.27. The van der Waals surface area contributed by atoms with Crippen molar-refractivity contribution in [2.24, 2.45) is 11.7 Å². The van der Waals surface area contributed by atoms with E-state index in [1.807, 2.05) is 13.8 Å². The minimum absolute atomic E-state index is 0.130. The van der Waals surface area contributed by atoms with Crippen LogP contribution in [0.3, 0.4) is 0 Å². The molecule has 0 saturated heterocycles. The van der Waals surface area contributed by atoms with Gasteiger partial charge in [0.15, 0.2) is 5.16 Å². The van der Waals surface area contributed by atoms with Crippen molar-refractivity contribution in [1.29, 1.82) is 0 Å². The lowest BCUT2D eigenvalue weighted by Crippen LogP contribution is -2.42. The van der Waals surface area contributed by atoms with Gasteiger partial charge in [0.2, 0.25) is 5.91 Å². The second-order valence-corrected chi connectivity index (χ2v) is 7.44. The molecule has 3 amide bonds. The number of rotatable bonds is 6. The van der Waals surface area contributed by atoms with Gasteiger partial charge in [-0.1, -0.05) is 43.3 Å². The SMILES string of the molecule is C=CCn1c(S[C@@H](C(=O)NC(N)=O)C(C)C)nc2ccc(Cl)cc2c1=O. The number of nitrogens with zero attached hydrogens (tertiary/aromatic N) is 2. The first-order valence-electron chi connectivity index (χ1n) is 7.82. The van der Waals surface area contributed by atoms with Crippen molar-refractivity contribution in [2.45, 2.75) is 30.8 Å². The average molecular weight is 395 g/mol. The van der Waals surface area contributed by atoms with Crippen molar-refractivity contribution in [2.75, 3.05) is 0 Å². The quantitative estimate of drug-likeness (QED) is 0.444. The lowest BCUT2D eigenvalue weighted by atomic mass is 10.1. The van der Waals surface area contributed by atoms with Crippen molar-refractivity contribution in [3.63, 3.8) is 0 Å². The number of aromatic nitrogens is 2. The molecule has 0 saturated carbocycles. The zero-order chi connectivity index (χ0) is 19.4. The van der Waals surface area contributed by atoms with Crippen LogP contribution in [0, 0.1) is 5.92 Å². The summed E-state index contributed by atoms with van der Waals surface area (Å²) in [5.74, 6) is -0.664. The van der Waals surface area contributed by atoms with Crippen LogP contribution in [-0.4, -0.2) is 26.7 Å². The maximum absolute atomic E-state index is 12.8. The number of allylic oxidation sites excluding steroid dienone is 1. The zero-order valence-corrected chi connectivity index (χ0v) is 15.9. The summed E-state index contributed by atoms with van der Waals surface area (Å²) in [4.78, 5) is 40.6. The number of benzene rings is 1. The summed E-state index contributed by atoms with van der Waals surface area (Å²) >= 11 is 7.08. The monoisotopic (exact) mass is 394 g/mol. The molecule has 0 radical (unpaired) electrons. The van der Waals surface area contributed by atoms with Gasteiger partial charge in [0.25, 0.3) is 5.56 Å². The van der Waals surface area contributed by atoms with Crippen LogP contribution in [0.5, 0.6) is 0 Å². The number of primary amides is 1. The zero-order valence-electron chi connectivity index (χ0n) is 14.4. The summed E-state index contributed by atoms with van der Waals surface area (Å²) in [5, 5.41) is 2.59. The molecule has 26 heavy (non-hydrogen) atoms. The van der Waals surface area contributed by atoms with Crippen LogP contribution in [0.15, 0.2) is 40.8 Å². The summed E-state index contributed by atoms with van der Waals surface area (Å²) in [6.07, 6.45) is 1.57. The van der Waals surface area contributed by atoms with E-state index in [2.05, 4.69) is 16.9 Å². The Morgan fingerprint density at radius 2 is 2.15 bits per heavy atom. The number of nitrogens with two attached hydrogens (primary N) is 1. The van der Waals surface area contributed by atoms with Crippen molar-refractivity contribution < 1.29 is 9.59 Å². The van der Waals surface area contributed by atoms with Crippen molar-refractivity contribution in [3.8, 4) is 0 Å². The van der Waals surface area contributed by atoms with E-state index >= 15 is 0 Å². The first-order chi connectivity index (χ1) is 12.2. The molecular weight excluding hydrogens is 376 g/mol. The predicted octanol–water partition coefficient (Wildman–Crippen LogP) is 2.55. The van der Waals surface area contributed by atoms with Gasteiger partial charge in [-0.15, -0.1) is 6.58 Å². The largest absolute Gasteiger partial charge is 0.351 e. The minimum atomic E-state index is -0.925. The number of urea groups is 1. The summed E-state index contributed by atoms with van der Waals surface area (Å²) < 4.78 is 1.42. The second-order valence-electron chi connectivity index (χ2n) is 5.90. The molecule has 0 unspecified atom stereocenters. The van der Waals surface area contributed by atoms with Crippen LogP contribution in [0.1, 0.15) is 13.8 Å². The highest BCUT2D eigenvalue weighted by Crippen LogP contribution is 2.28. The number of halogens is 1. The molecule has 0 spiro atoms. The second kappa shape index (κ2) is 8.37. The maximum Gasteiger partial charge on any atom is 0.318 e. The lowest BCUT2D eigenvalue weighted by Gasteiger charge is -2.20. The number of imide groups is 1. The molecule has 0 aliphatic heterocycles. The van der Waals surface area contributed by atoms with Gasteiger partial charge >= 0.3 is 6.03 Å². The Morgan fingerprint density at radius 1 is 1.46 bits per heavy atom. The number of thioether (sulfide) groups is 1. The lowest BCUT2D eigenvalue weighted by molar-refractivity contribution is -0.120. The molecule has 0 bridgehead atoms. The predicted molar refractivity (Wildman–Crippen MR) is 103 cm³/mol. The third-order valence-electron chi connectivity index (χ3n) is 3.54.